The molecule has 7 heteroatoms. The number of aryl methyl sites for hydroxylation is 1. The van der Waals surface area contributed by atoms with E-state index < -0.39 is 6.04 Å². The first-order valence-electron chi connectivity index (χ1n) is 8.79. The average Bonchev–Trinajstić information content (AvgIpc) is 3.40. The molecule has 1 atom stereocenters. The summed E-state index contributed by atoms with van der Waals surface area (Å²) in [4.78, 5) is 32.6. The van der Waals surface area contributed by atoms with Crippen molar-refractivity contribution in [2.45, 2.75) is 19.5 Å². The first kappa shape index (κ1) is 17.7. The highest BCUT2D eigenvalue weighted by atomic mass is 32.2. The number of likely N-dealkylation sites (N-methyl/N-ethyl adjacent to an activating group) is 1. The molecule has 1 aliphatic rings. The van der Waals surface area contributed by atoms with Crippen LogP contribution in [0.3, 0.4) is 0 Å². The van der Waals surface area contributed by atoms with E-state index in [4.69, 9.17) is 4.42 Å². The molecule has 0 radical (unpaired) electrons. The third-order valence-corrected chi connectivity index (χ3v) is 6.01. The highest BCUT2D eigenvalue weighted by Gasteiger charge is 2.37. The highest BCUT2D eigenvalue weighted by molar-refractivity contribution is 7.99. The van der Waals surface area contributed by atoms with Gasteiger partial charge in [0.2, 0.25) is 5.91 Å². The van der Waals surface area contributed by atoms with E-state index in [0.717, 1.165) is 22.2 Å². The van der Waals surface area contributed by atoms with Crippen LogP contribution in [0.2, 0.25) is 0 Å². The average molecular weight is 383 g/mol. The second-order valence-corrected chi connectivity index (χ2v) is 7.73. The van der Waals surface area contributed by atoms with E-state index in [0.29, 0.717) is 23.7 Å². The summed E-state index contributed by atoms with van der Waals surface area (Å²) in [6.45, 7) is 2.35. The van der Waals surface area contributed by atoms with Gasteiger partial charge < -0.3 is 19.2 Å². The summed E-state index contributed by atoms with van der Waals surface area (Å²) < 4.78 is 5.31. The molecule has 3 aromatic rings. The minimum atomic E-state index is -0.451. The molecule has 1 fully saturated rings. The summed E-state index contributed by atoms with van der Waals surface area (Å²) in [5.41, 5.74) is 2.51. The number of H-pyrrole nitrogens is 1. The maximum absolute atomic E-state index is 13.1. The molecule has 140 valence electrons. The number of nitrogens with one attached hydrogen (secondary N) is 1. The van der Waals surface area contributed by atoms with Crippen molar-refractivity contribution in [1.82, 2.24) is 14.8 Å². The Labute approximate surface area is 161 Å². The molecule has 0 saturated carbocycles. The Kier molecular flexibility index (Phi) is 4.70. The van der Waals surface area contributed by atoms with Gasteiger partial charge in [-0.2, -0.15) is 0 Å². The number of furan rings is 1. The van der Waals surface area contributed by atoms with Crippen LogP contribution in [0.15, 0.2) is 47.2 Å². The van der Waals surface area contributed by atoms with E-state index in [-0.39, 0.29) is 11.8 Å². The molecule has 2 amide bonds. The van der Waals surface area contributed by atoms with Gasteiger partial charge in [0.15, 0.2) is 0 Å². The first-order chi connectivity index (χ1) is 13.1. The second kappa shape index (κ2) is 7.15. The van der Waals surface area contributed by atoms with Crippen molar-refractivity contribution in [3.8, 4) is 0 Å². The molecular formula is C20H21N3O3S. The number of fused-ring (bicyclic) bond motifs is 1. The quantitative estimate of drug-likeness (QED) is 0.751. The molecular weight excluding hydrogens is 362 g/mol. The summed E-state index contributed by atoms with van der Waals surface area (Å²) in [5, 5.41) is 0.882. The minimum Gasteiger partial charge on any atom is -0.469 e. The lowest BCUT2D eigenvalue weighted by molar-refractivity contribution is -0.134. The lowest BCUT2D eigenvalue weighted by atomic mass is 10.1. The Hall–Kier alpha value is -2.67. The van der Waals surface area contributed by atoms with Crippen molar-refractivity contribution in [2.75, 3.05) is 18.7 Å². The maximum atomic E-state index is 13.1. The van der Waals surface area contributed by atoms with E-state index in [1.807, 2.05) is 37.3 Å². The number of hydrogen-bond acceptors (Lipinski definition) is 4. The molecule has 0 unspecified atom stereocenters. The summed E-state index contributed by atoms with van der Waals surface area (Å²) in [7, 11) is 1.77. The van der Waals surface area contributed by atoms with Gasteiger partial charge in [0.05, 0.1) is 17.7 Å². The topological polar surface area (TPSA) is 69.6 Å². The fourth-order valence-electron chi connectivity index (χ4n) is 3.41. The molecule has 1 saturated heterocycles. The van der Waals surface area contributed by atoms with Gasteiger partial charge in [0, 0.05) is 42.0 Å². The van der Waals surface area contributed by atoms with Gasteiger partial charge >= 0.3 is 0 Å². The number of para-hydroxylation sites is 1. The standard InChI is InChI=1S/C20H21N3O3S/c1-13-14(7-8-26-13)10-22(2)20(25)18-11-27-12-23(18)19(24)16-9-21-17-6-4-3-5-15(16)17/h3-9,18,21H,10-12H2,1-2H3/t18-/m1/s1. The lowest BCUT2D eigenvalue weighted by Crippen LogP contribution is -2.47. The molecule has 0 spiro atoms. The molecule has 27 heavy (non-hydrogen) atoms. The summed E-state index contributed by atoms with van der Waals surface area (Å²) in [6, 6.07) is 9.12. The van der Waals surface area contributed by atoms with Crippen LogP contribution < -0.4 is 0 Å². The third-order valence-electron chi connectivity index (χ3n) is 5.00. The molecule has 6 nitrogen and oxygen atoms in total. The lowest BCUT2D eigenvalue weighted by Gasteiger charge is -2.27. The number of hydrogen-bond donors (Lipinski definition) is 1. The van der Waals surface area contributed by atoms with Crippen molar-refractivity contribution in [1.29, 1.82) is 0 Å². The number of rotatable bonds is 4. The molecule has 1 aromatic carbocycles. The zero-order valence-electron chi connectivity index (χ0n) is 15.3. The van der Waals surface area contributed by atoms with E-state index >= 15 is 0 Å². The molecule has 0 bridgehead atoms. The number of benzene rings is 1. The third kappa shape index (κ3) is 3.23. The van der Waals surface area contributed by atoms with Crippen molar-refractivity contribution in [3.05, 3.63) is 59.7 Å². The fourth-order valence-corrected chi connectivity index (χ4v) is 4.56. The number of amides is 2. The van der Waals surface area contributed by atoms with Gasteiger partial charge in [-0.05, 0) is 19.1 Å². The summed E-state index contributed by atoms with van der Waals surface area (Å²) >= 11 is 1.61. The smallest absolute Gasteiger partial charge is 0.257 e. The van der Waals surface area contributed by atoms with Crippen molar-refractivity contribution in [3.63, 3.8) is 0 Å². The first-order valence-corrected chi connectivity index (χ1v) is 9.94. The number of nitrogens with zero attached hydrogens (tertiary/aromatic N) is 2. The summed E-state index contributed by atoms with van der Waals surface area (Å²) in [6.07, 6.45) is 3.36. The van der Waals surface area contributed by atoms with Gasteiger partial charge in [-0.1, -0.05) is 18.2 Å². The predicted octanol–water partition coefficient (Wildman–Crippen LogP) is 3.24. The normalized spacial score (nSPS) is 16.8. The van der Waals surface area contributed by atoms with Gasteiger partial charge in [-0.3, -0.25) is 9.59 Å². The molecule has 2 aromatic heterocycles. The van der Waals surface area contributed by atoms with Crippen molar-refractivity contribution >= 4 is 34.5 Å². The largest absolute Gasteiger partial charge is 0.469 e. The number of aromatic nitrogens is 1. The number of carbonyl (C=O) groups is 2. The van der Waals surface area contributed by atoms with Gasteiger partial charge in [0.1, 0.15) is 11.8 Å². The van der Waals surface area contributed by atoms with Gasteiger partial charge in [-0.15, -0.1) is 11.8 Å². The van der Waals surface area contributed by atoms with Crippen LogP contribution in [0, 0.1) is 6.92 Å². The monoisotopic (exact) mass is 383 g/mol. The van der Waals surface area contributed by atoms with Gasteiger partial charge in [-0.25, -0.2) is 0 Å². The van der Waals surface area contributed by atoms with E-state index in [9.17, 15) is 9.59 Å². The SMILES string of the molecule is Cc1occc1CN(C)C(=O)[C@H]1CSCN1C(=O)c1c[nH]c2ccccc12. The number of thioether (sulfide) groups is 1. The minimum absolute atomic E-state index is 0.0474. The van der Waals surface area contributed by atoms with Crippen LogP contribution in [0.4, 0.5) is 0 Å². The van der Waals surface area contributed by atoms with Crippen LogP contribution in [0.25, 0.3) is 10.9 Å². The van der Waals surface area contributed by atoms with E-state index in [2.05, 4.69) is 4.98 Å². The van der Waals surface area contributed by atoms with Crippen molar-refractivity contribution in [2.24, 2.45) is 0 Å². The number of carbonyl (C=O) groups excluding carboxylic acids is 2. The Balaban J connectivity index is 1.54. The van der Waals surface area contributed by atoms with Crippen LogP contribution in [-0.2, 0) is 11.3 Å². The number of aromatic amines is 1. The van der Waals surface area contributed by atoms with Crippen LogP contribution >= 0.6 is 11.8 Å². The van der Waals surface area contributed by atoms with Crippen molar-refractivity contribution < 1.29 is 14.0 Å². The molecule has 1 aliphatic heterocycles. The van der Waals surface area contributed by atoms with Crippen LogP contribution in [0.1, 0.15) is 21.7 Å². The Morgan fingerprint density at radius 2 is 2.15 bits per heavy atom. The predicted molar refractivity (Wildman–Crippen MR) is 106 cm³/mol. The van der Waals surface area contributed by atoms with E-state index in [1.165, 1.54) is 0 Å². The zero-order valence-corrected chi connectivity index (χ0v) is 16.1. The molecule has 1 N–H and O–H groups in total. The van der Waals surface area contributed by atoms with Crippen LogP contribution in [0.5, 0.6) is 0 Å². The molecule has 4 rings (SSSR count). The molecule has 0 aliphatic carbocycles. The zero-order chi connectivity index (χ0) is 19.0. The Morgan fingerprint density at radius 1 is 1.33 bits per heavy atom. The van der Waals surface area contributed by atoms with Gasteiger partial charge in [0.25, 0.3) is 5.91 Å². The Morgan fingerprint density at radius 3 is 2.93 bits per heavy atom. The highest BCUT2D eigenvalue weighted by Crippen LogP contribution is 2.27. The maximum Gasteiger partial charge on any atom is 0.257 e. The van der Waals surface area contributed by atoms with E-state index in [1.54, 1.807) is 41.1 Å². The second-order valence-electron chi connectivity index (χ2n) is 6.73. The molecule has 3 heterocycles. The van der Waals surface area contributed by atoms with Crippen LogP contribution in [-0.4, -0.2) is 51.3 Å². The summed E-state index contributed by atoms with van der Waals surface area (Å²) in [5.74, 6) is 1.79. The fraction of sp³-hybridized carbons (Fsp3) is 0.300. The Bertz CT molecular complexity index is 993.